The zero-order valence-corrected chi connectivity index (χ0v) is 21.9. The normalized spacial score (nSPS) is 12.2. The number of rotatable bonds is 3. The lowest BCUT2D eigenvalue weighted by Crippen LogP contribution is -2.29. The van der Waals surface area contributed by atoms with Crippen LogP contribution in [0.3, 0.4) is 0 Å². The van der Waals surface area contributed by atoms with Crippen molar-refractivity contribution in [1.82, 2.24) is 0 Å². The molecule has 3 heteroatoms. The van der Waals surface area contributed by atoms with Crippen LogP contribution >= 0.6 is 22.7 Å². The van der Waals surface area contributed by atoms with Gasteiger partial charge in [-0.05, 0) is 103 Å². The molecular formula is C30H26S2Si. The van der Waals surface area contributed by atoms with Crippen molar-refractivity contribution in [2.24, 2.45) is 0 Å². The first-order valence-corrected chi connectivity index (χ1v) is 16.2. The summed E-state index contributed by atoms with van der Waals surface area (Å²) in [5, 5.41) is 12.8. The molecule has 0 aliphatic heterocycles. The minimum Gasteiger partial charge on any atom is -0.144 e. The van der Waals surface area contributed by atoms with Gasteiger partial charge in [0.05, 0.1) is 4.88 Å². The Hall–Kier alpha value is -2.64. The van der Waals surface area contributed by atoms with E-state index in [0.717, 1.165) is 0 Å². The summed E-state index contributed by atoms with van der Waals surface area (Å²) in [6.07, 6.45) is 0. The van der Waals surface area contributed by atoms with Crippen LogP contribution in [0.2, 0.25) is 18.1 Å². The molecule has 0 aliphatic carbocycles. The first kappa shape index (κ1) is 20.9. The molecule has 0 radical (unpaired) electrons. The summed E-state index contributed by atoms with van der Waals surface area (Å²) in [5.41, 5.74) is 3.76. The SMILES string of the molecule is CC[Si](C#Cc1cc2cc3c(ccc4c5cc6ccsc6cc5ccc34)cc2s1)(CC)CC. The second-order valence-corrected chi connectivity index (χ2v) is 16.0. The number of fused-ring (bicyclic) bond motifs is 7. The molecule has 0 aliphatic rings. The topological polar surface area (TPSA) is 0 Å². The van der Waals surface area contributed by atoms with Crippen LogP contribution in [0.4, 0.5) is 0 Å². The molecule has 162 valence electrons. The molecule has 6 rings (SSSR count). The van der Waals surface area contributed by atoms with Gasteiger partial charge in [-0.15, -0.1) is 28.2 Å². The van der Waals surface area contributed by atoms with Crippen molar-refractivity contribution in [2.75, 3.05) is 0 Å². The highest BCUT2D eigenvalue weighted by Crippen LogP contribution is 2.37. The molecule has 0 bridgehead atoms. The molecule has 0 unspecified atom stereocenters. The van der Waals surface area contributed by atoms with Gasteiger partial charge < -0.3 is 0 Å². The molecule has 33 heavy (non-hydrogen) atoms. The Bertz CT molecular complexity index is 1730. The molecule has 4 aromatic carbocycles. The predicted molar refractivity (Wildman–Crippen MR) is 154 cm³/mol. The van der Waals surface area contributed by atoms with Crippen LogP contribution in [0.25, 0.3) is 52.5 Å². The van der Waals surface area contributed by atoms with Crippen LogP contribution in [0, 0.1) is 11.5 Å². The maximum Gasteiger partial charge on any atom is 0.138 e. The minimum atomic E-state index is -1.43. The maximum absolute atomic E-state index is 3.76. The summed E-state index contributed by atoms with van der Waals surface area (Å²) in [6.45, 7) is 6.97. The third-order valence-electron chi connectivity index (χ3n) is 7.52. The van der Waals surface area contributed by atoms with Gasteiger partial charge in [-0.3, -0.25) is 0 Å². The fourth-order valence-corrected chi connectivity index (χ4v) is 9.42. The Labute approximate surface area is 203 Å². The highest BCUT2D eigenvalue weighted by atomic mass is 32.1. The maximum atomic E-state index is 3.76. The lowest BCUT2D eigenvalue weighted by atomic mass is 9.96. The van der Waals surface area contributed by atoms with E-state index in [0.29, 0.717) is 0 Å². The van der Waals surface area contributed by atoms with Gasteiger partial charge in [-0.25, -0.2) is 0 Å². The number of hydrogen-bond acceptors (Lipinski definition) is 2. The van der Waals surface area contributed by atoms with Gasteiger partial charge in [0.25, 0.3) is 0 Å². The fraction of sp³-hybridized carbons (Fsp3) is 0.200. The molecule has 2 heterocycles. The molecule has 0 amide bonds. The summed E-state index contributed by atoms with van der Waals surface area (Å²) in [7, 11) is -1.43. The highest BCUT2D eigenvalue weighted by Gasteiger charge is 2.24. The van der Waals surface area contributed by atoms with Crippen LogP contribution in [0.1, 0.15) is 25.6 Å². The van der Waals surface area contributed by atoms with E-state index in [2.05, 4.69) is 98.3 Å². The third-order valence-corrected chi connectivity index (χ3v) is 14.1. The second kappa shape index (κ2) is 7.99. The first-order valence-electron chi connectivity index (χ1n) is 11.9. The quantitative estimate of drug-likeness (QED) is 0.135. The summed E-state index contributed by atoms with van der Waals surface area (Å²) in [5.74, 6) is 3.59. The second-order valence-electron chi connectivity index (χ2n) is 9.07. The summed E-state index contributed by atoms with van der Waals surface area (Å²) < 4.78 is 2.70. The molecule has 0 saturated carbocycles. The molecule has 0 fully saturated rings. The van der Waals surface area contributed by atoms with Crippen LogP contribution in [0.15, 0.2) is 66.0 Å². The van der Waals surface area contributed by atoms with E-state index in [4.69, 9.17) is 0 Å². The van der Waals surface area contributed by atoms with E-state index in [1.807, 2.05) is 22.7 Å². The van der Waals surface area contributed by atoms with Crippen LogP contribution in [0.5, 0.6) is 0 Å². The molecule has 6 aromatic rings. The summed E-state index contributed by atoms with van der Waals surface area (Å²) in [6, 6.07) is 26.9. The molecule has 0 N–H and O–H groups in total. The number of thiophene rings is 2. The monoisotopic (exact) mass is 478 g/mol. The Morgan fingerprint density at radius 3 is 1.94 bits per heavy atom. The average Bonchev–Trinajstić information content (AvgIpc) is 3.47. The standard InChI is InChI=1S/C30H26S2Si/c1-4-33(5-2,6-3)14-12-24-15-23-17-28-21(19-30(23)32-24)8-10-25-26(28)9-7-20-18-29-22(11-13-31-29)16-27(20)25/h7-11,13,15-19H,4-6H2,1-3H3. The Kier molecular flexibility index (Phi) is 5.07. The molecule has 0 saturated heterocycles. The van der Waals surface area contributed by atoms with Crippen molar-refractivity contribution >= 4 is 83.2 Å². The van der Waals surface area contributed by atoms with E-state index in [-0.39, 0.29) is 0 Å². The zero-order chi connectivity index (χ0) is 22.6. The van der Waals surface area contributed by atoms with E-state index in [1.165, 1.54) is 75.5 Å². The van der Waals surface area contributed by atoms with Gasteiger partial charge in [0.2, 0.25) is 0 Å². The van der Waals surface area contributed by atoms with Crippen LogP contribution in [-0.2, 0) is 0 Å². The van der Waals surface area contributed by atoms with E-state index in [9.17, 15) is 0 Å². The summed E-state index contributed by atoms with van der Waals surface area (Å²) in [4.78, 5) is 1.21. The predicted octanol–water partition coefficient (Wildman–Crippen LogP) is 9.97. The van der Waals surface area contributed by atoms with Crippen molar-refractivity contribution in [3.8, 4) is 11.5 Å². The summed E-state index contributed by atoms with van der Waals surface area (Å²) >= 11 is 3.66. The van der Waals surface area contributed by atoms with Gasteiger partial charge in [0, 0.05) is 9.40 Å². The largest absolute Gasteiger partial charge is 0.144 e. The van der Waals surface area contributed by atoms with Gasteiger partial charge in [-0.2, -0.15) is 0 Å². The minimum absolute atomic E-state index is 1.21. The molecule has 0 spiro atoms. The van der Waals surface area contributed by atoms with Crippen molar-refractivity contribution in [1.29, 1.82) is 0 Å². The van der Waals surface area contributed by atoms with Crippen molar-refractivity contribution in [3.63, 3.8) is 0 Å². The van der Waals surface area contributed by atoms with E-state index in [1.54, 1.807) is 0 Å². The van der Waals surface area contributed by atoms with Crippen LogP contribution < -0.4 is 0 Å². The number of hydrogen-bond donors (Lipinski definition) is 0. The first-order chi connectivity index (χ1) is 16.1. The Balaban J connectivity index is 1.54. The van der Waals surface area contributed by atoms with E-state index < -0.39 is 8.07 Å². The highest BCUT2D eigenvalue weighted by molar-refractivity contribution is 7.19. The van der Waals surface area contributed by atoms with Crippen molar-refractivity contribution in [2.45, 2.75) is 38.9 Å². The zero-order valence-electron chi connectivity index (χ0n) is 19.3. The molecule has 0 atom stereocenters. The van der Waals surface area contributed by atoms with Crippen LogP contribution in [-0.4, -0.2) is 8.07 Å². The van der Waals surface area contributed by atoms with E-state index >= 15 is 0 Å². The van der Waals surface area contributed by atoms with Gasteiger partial charge >= 0.3 is 0 Å². The molecule has 0 nitrogen and oxygen atoms in total. The van der Waals surface area contributed by atoms with Gasteiger partial charge in [0.1, 0.15) is 8.07 Å². The fourth-order valence-electron chi connectivity index (χ4n) is 5.14. The average molecular weight is 479 g/mol. The lowest BCUT2D eigenvalue weighted by Gasteiger charge is -2.19. The van der Waals surface area contributed by atoms with Gasteiger partial charge in [-0.1, -0.05) is 51.0 Å². The van der Waals surface area contributed by atoms with Crippen molar-refractivity contribution < 1.29 is 0 Å². The number of benzene rings is 4. The third kappa shape index (κ3) is 3.40. The lowest BCUT2D eigenvalue weighted by molar-refractivity contribution is 1.20. The molecular weight excluding hydrogens is 453 g/mol. The smallest absolute Gasteiger partial charge is 0.138 e. The van der Waals surface area contributed by atoms with Crippen molar-refractivity contribution in [3.05, 3.63) is 70.9 Å². The van der Waals surface area contributed by atoms with Gasteiger partial charge in [0.15, 0.2) is 0 Å². The Morgan fingerprint density at radius 2 is 1.27 bits per heavy atom. The molecule has 2 aromatic heterocycles. The Morgan fingerprint density at radius 1 is 0.636 bits per heavy atom.